The van der Waals surface area contributed by atoms with Crippen LogP contribution in [-0.2, 0) is 14.3 Å². The Bertz CT molecular complexity index is 356. The molecule has 7 heteroatoms. The van der Waals surface area contributed by atoms with Crippen LogP contribution in [0.2, 0.25) is 25.7 Å². The molecule has 1 atom stereocenters. The lowest BCUT2D eigenvalue weighted by Crippen LogP contribution is -2.48. The molecule has 1 aliphatic heterocycles. The van der Waals surface area contributed by atoms with E-state index in [0.717, 1.165) is 10.9 Å². The normalized spacial score (nSPS) is 23.9. The molecular formula is C12H24N2O4Si. The van der Waals surface area contributed by atoms with E-state index in [1.165, 1.54) is 7.11 Å². The van der Waals surface area contributed by atoms with Crippen molar-refractivity contribution in [3.05, 3.63) is 0 Å². The number of carbonyl (C=O) groups is 2. The average molecular weight is 288 g/mol. The van der Waals surface area contributed by atoms with Gasteiger partial charge in [-0.2, -0.15) is 0 Å². The first-order valence-corrected chi connectivity index (χ1v) is 10.1. The summed E-state index contributed by atoms with van der Waals surface area (Å²) in [6.07, 6.45) is 0. The highest BCUT2D eigenvalue weighted by Gasteiger charge is 2.47. The van der Waals surface area contributed by atoms with Gasteiger partial charge in [0.05, 0.1) is 6.61 Å². The van der Waals surface area contributed by atoms with Crippen molar-refractivity contribution in [2.75, 3.05) is 27.1 Å². The van der Waals surface area contributed by atoms with Crippen molar-refractivity contribution in [1.29, 1.82) is 0 Å². The zero-order valence-corrected chi connectivity index (χ0v) is 13.4. The fraction of sp³-hybridized carbons (Fsp3) is 0.833. The minimum absolute atomic E-state index is 0.00838. The van der Waals surface area contributed by atoms with Gasteiger partial charge >= 0.3 is 6.03 Å². The fourth-order valence-corrected chi connectivity index (χ4v) is 2.54. The van der Waals surface area contributed by atoms with Gasteiger partial charge in [0.15, 0.2) is 0 Å². The highest BCUT2D eigenvalue weighted by atomic mass is 28.3. The van der Waals surface area contributed by atoms with E-state index in [1.54, 1.807) is 6.92 Å². The molecule has 1 aliphatic rings. The maximum Gasteiger partial charge on any atom is 0.327 e. The van der Waals surface area contributed by atoms with Crippen molar-refractivity contribution in [3.8, 4) is 0 Å². The van der Waals surface area contributed by atoms with E-state index in [1.807, 2.05) is 0 Å². The van der Waals surface area contributed by atoms with E-state index in [0.29, 0.717) is 6.61 Å². The summed E-state index contributed by atoms with van der Waals surface area (Å²) in [6.45, 7) is 9.14. The highest BCUT2D eigenvalue weighted by Crippen LogP contribution is 2.18. The van der Waals surface area contributed by atoms with E-state index < -0.39 is 19.6 Å². The minimum Gasteiger partial charge on any atom is -0.382 e. The zero-order chi connectivity index (χ0) is 14.7. The first-order chi connectivity index (χ1) is 8.69. The molecule has 0 aromatic heterocycles. The number of imide groups is 1. The van der Waals surface area contributed by atoms with Gasteiger partial charge in [-0.05, 0) is 13.0 Å². The zero-order valence-electron chi connectivity index (χ0n) is 12.4. The molecule has 1 rings (SSSR count). The van der Waals surface area contributed by atoms with E-state index in [9.17, 15) is 9.59 Å². The molecule has 1 unspecified atom stereocenters. The Balaban J connectivity index is 2.47. The van der Waals surface area contributed by atoms with Crippen LogP contribution in [0.5, 0.6) is 0 Å². The molecule has 1 fully saturated rings. The van der Waals surface area contributed by atoms with Gasteiger partial charge in [0.2, 0.25) is 0 Å². The number of hydrogen-bond donors (Lipinski definition) is 1. The van der Waals surface area contributed by atoms with Gasteiger partial charge in [0.25, 0.3) is 5.91 Å². The summed E-state index contributed by atoms with van der Waals surface area (Å²) >= 11 is 0. The highest BCUT2D eigenvalue weighted by molar-refractivity contribution is 6.76. The third-order valence-electron chi connectivity index (χ3n) is 2.99. The lowest BCUT2D eigenvalue weighted by molar-refractivity contribution is -0.136. The van der Waals surface area contributed by atoms with Crippen molar-refractivity contribution in [2.45, 2.75) is 38.1 Å². The predicted molar refractivity (Wildman–Crippen MR) is 74.6 cm³/mol. The van der Waals surface area contributed by atoms with Crippen LogP contribution >= 0.6 is 0 Å². The lowest BCUT2D eigenvalue weighted by atomic mass is 10.1. The molecule has 1 heterocycles. The second kappa shape index (κ2) is 6.02. The molecule has 0 aromatic rings. The molecule has 0 radical (unpaired) electrons. The second-order valence-corrected chi connectivity index (χ2v) is 11.9. The summed E-state index contributed by atoms with van der Waals surface area (Å²) in [5, 5.41) is 2.63. The Morgan fingerprint density at radius 3 is 2.47 bits per heavy atom. The van der Waals surface area contributed by atoms with Crippen LogP contribution in [0, 0.1) is 0 Å². The largest absolute Gasteiger partial charge is 0.382 e. The molecule has 0 bridgehead atoms. The molecule has 3 amide bonds. The SMILES string of the molecule is COCC1(C)NC(=O)N(COCC[Si](C)(C)C)C1=O. The summed E-state index contributed by atoms with van der Waals surface area (Å²) in [5.74, 6) is -0.299. The average Bonchev–Trinajstić information content (AvgIpc) is 2.46. The van der Waals surface area contributed by atoms with Crippen molar-refractivity contribution in [1.82, 2.24) is 10.2 Å². The topological polar surface area (TPSA) is 67.9 Å². The Morgan fingerprint density at radius 2 is 1.95 bits per heavy atom. The van der Waals surface area contributed by atoms with Crippen LogP contribution in [-0.4, -0.2) is 57.5 Å². The first kappa shape index (κ1) is 16.1. The summed E-state index contributed by atoms with van der Waals surface area (Å²) in [6, 6.07) is 0.587. The van der Waals surface area contributed by atoms with Crippen LogP contribution in [0.25, 0.3) is 0 Å². The maximum atomic E-state index is 12.1. The number of rotatable bonds is 7. The molecular weight excluding hydrogens is 264 g/mol. The smallest absolute Gasteiger partial charge is 0.327 e. The number of amides is 3. The molecule has 1 N–H and O–H groups in total. The predicted octanol–water partition coefficient (Wildman–Crippen LogP) is 1.26. The van der Waals surface area contributed by atoms with Gasteiger partial charge < -0.3 is 14.8 Å². The van der Waals surface area contributed by atoms with Gasteiger partial charge in [-0.1, -0.05) is 19.6 Å². The van der Waals surface area contributed by atoms with E-state index in [-0.39, 0.29) is 19.2 Å². The Morgan fingerprint density at radius 1 is 1.32 bits per heavy atom. The standard InChI is InChI=1S/C12H24N2O4Si/c1-12(8-17-2)10(15)14(11(16)13-12)9-18-6-7-19(3,4)5/h6-9H2,1-5H3,(H,13,16). The molecule has 1 saturated heterocycles. The summed E-state index contributed by atoms with van der Waals surface area (Å²) in [7, 11) is 0.340. The summed E-state index contributed by atoms with van der Waals surface area (Å²) < 4.78 is 10.4. The number of nitrogens with one attached hydrogen (secondary N) is 1. The summed E-state index contributed by atoms with van der Waals surface area (Å²) in [5.41, 5.74) is -0.978. The van der Waals surface area contributed by atoms with Crippen molar-refractivity contribution in [2.24, 2.45) is 0 Å². The molecule has 0 aliphatic carbocycles. The number of ether oxygens (including phenoxy) is 2. The monoisotopic (exact) mass is 288 g/mol. The van der Waals surface area contributed by atoms with E-state index >= 15 is 0 Å². The van der Waals surface area contributed by atoms with Gasteiger partial charge in [-0.3, -0.25) is 4.79 Å². The van der Waals surface area contributed by atoms with E-state index in [2.05, 4.69) is 25.0 Å². The Labute approximate surface area is 115 Å². The van der Waals surface area contributed by atoms with Crippen LogP contribution in [0.15, 0.2) is 0 Å². The first-order valence-electron chi connectivity index (χ1n) is 6.40. The van der Waals surface area contributed by atoms with Crippen LogP contribution in [0.4, 0.5) is 4.79 Å². The van der Waals surface area contributed by atoms with Crippen molar-refractivity contribution >= 4 is 20.0 Å². The van der Waals surface area contributed by atoms with Gasteiger partial charge in [-0.15, -0.1) is 0 Å². The molecule has 6 nitrogen and oxygen atoms in total. The van der Waals surface area contributed by atoms with E-state index in [4.69, 9.17) is 9.47 Å². The number of nitrogens with zero attached hydrogens (tertiary/aromatic N) is 1. The van der Waals surface area contributed by atoms with Gasteiger partial charge in [0.1, 0.15) is 12.3 Å². The number of carbonyl (C=O) groups excluding carboxylic acids is 2. The van der Waals surface area contributed by atoms with Crippen molar-refractivity contribution < 1.29 is 19.1 Å². The molecule has 0 spiro atoms. The van der Waals surface area contributed by atoms with Crippen LogP contribution in [0.1, 0.15) is 6.92 Å². The third kappa shape index (κ3) is 4.29. The number of hydrogen-bond acceptors (Lipinski definition) is 4. The molecule has 0 saturated carbocycles. The Hall–Kier alpha value is -0.923. The second-order valence-electron chi connectivity index (χ2n) is 6.28. The van der Waals surface area contributed by atoms with Crippen LogP contribution in [0.3, 0.4) is 0 Å². The van der Waals surface area contributed by atoms with Crippen LogP contribution < -0.4 is 5.32 Å². The van der Waals surface area contributed by atoms with Gasteiger partial charge in [-0.25, -0.2) is 9.69 Å². The minimum atomic E-state index is -1.16. The fourth-order valence-electron chi connectivity index (χ4n) is 1.78. The lowest BCUT2D eigenvalue weighted by Gasteiger charge is -2.21. The molecule has 19 heavy (non-hydrogen) atoms. The van der Waals surface area contributed by atoms with Gasteiger partial charge in [0, 0.05) is 21.8 Å². The molecule has 0 aromatic carbocycles. The molecule has 110 valence electrons. The summed E-state index contributed by atoms with van der Waals surface area (Å²) in [4.78, 5) is 24.9. The van der Waals surface area contributed by atoms with Crippen molar-refractivity contribution in [3.63, 3.8) is 0 Å². The number of methoxy groups -OCH3 is 1. The third-order valence-corrected chi connectivity index (χ3v) is 4.70. The maximum absolute atomic E-state index is 12.1. The Kier molecular flexibility index (Phi) is 5.11. The number of urea groups is 1. The quantitative estimate of drug-likeness (QED) is 0.435.